The van der Waals surface area contributed by atoms with Crippen molar-refractivity contribution in [1.29, 1.82) is 0 Å². The third-order valence-electron chi connectivity index (χ3n) is 6.79. The Morgan fingerprint density at radius 1 is 1.09 bits per heavy atom. The number of aromatic nitrogens is 5. The molecule has 33 heavy (non-hydrogen) atoms. The summed E-state index contributed by atoms with van der Waals surface area (Å²) < 4.78 is 28.3. The zero-order valence-electron chi connectivity index (χ0n) is 17.5. The van der Waals surface area contributed by atoms with Gasteiger partial charge >= 0.3 is 0 Å². The minimum absolute atomic E-state index is 0.0747. The maximum atomic E-state index is 14.6. The number of pyridine rings is 1. The van der Waals surface area contributed by atoms with Crippen LogP contribution in [0.4, 0.5) is 8.78 Å². The van der Waals surface area contributed by atoms with Crippen molar-refractivity contribution >= 4 is 16.9 Å². The minimum Gasteiger partial charge on any atom is -0.349 e. The predicted octanol–water partition coefficient (Wildman–Crippen LogP) is 3.69. The van der Waals surface area contributed by atoms with Crippen molar-refractivity contribution in [2.24, 2.45) is 17.8 Å². The highest BCUT2D eigenvalue weighted by Crippen LogP contribution is 2.56. The van der Waals surface area contributed by atoms with Crippen molar-refractivity contribution in [3.8, 4) is 11.5 Å². The van der Waals surface area contributed by atoms with Gasteiger partial charge in [0.1, 0.15) is 11.5 Å². The van der Waals surface area contributed by atoms with E-state index in [0.29, 0.717) is 46.2 Å². The highest BCUT2D eigenvalue weighted by Gasteiger charge is 2.54. The molecule has 0 spiro atoms. The van der Waals surface area contributed by atoms with Crippen LogP contribution < -0.4 is 5.32 Å². The molecule has 2 aliphatic rings. The van der Waals surface area contributed by atoms with Crippen molar-refractivity contribution in [1.82, 2.24) is 30.5 Å². The number of hydrogen-bond donors (Lipinski definition) is 2. The summed E-state index contributed by atoms with van der Waals surface area (Å²) in [5.74, 6) is 0.316. The topological polar surface area (TPSA) is 96.5 Å². The molecule has 3 aromatic heterocycles. The number of benzene rings is 1. The number of halogens is 2. The number of aromatic amines is 1. The lowest BCUT2D eigenvalue weighted by Gasteiger charge is -2.18. The van der Waals surface area contributed by atoms with Gasteiger partial charge in [0.25, 0.3) is 5.91 Å². The second-order valence-corrected chi connectivity index (χ2v) is 8.82. The van der Waals surface area contributed by atoms with Gasteiger partial charge in [-0.05, 0) is 55.2 Å². The molecule has 2 N–H and O–H groups in total. The van der Waals surface area contributed by atoms with E-state index < -0.39 is 11.6 Å². The summed E-state index contributed by atoms with van der Waals surface area (Å²) in [6, 6.07) is 10.5. The van der Waals surface area contributed by atoms with Crippen LogP contribution in [0.15, 0.2) is 48.8 Å². The molecule has 2 aliphatic carbocycles. The van der Waals surface area contributed by atoms with Crippen LogP contribution in [0.2, 0.25) is 0 Å². The van der Waals surface area contributed by atoms with Gasteiger partial charge in [-0.1, -0.05) is 18.2 Å². The van der Waals surface area contributed by atoms with Crippen LogP contribution in [0.25, 0.3) is 22.6 Å². The van der Waals surface area contributed by atoms with Crippen LogP contribution in [-0.4, -0.2) is 37.1 Å². The first-order valence-corrected chi connectivity index (χ1v) is 10.9. The smallest absolute Gasteiger partial charge is 0.251 e. The zero-order chi connectivity index (χ0) is 22.5. The summed E-state index contributed by atoms with van der Waals surface area (Å²) in [7, 11) is 0. The van der Waals surface area contributed by atoms with Gasteiger partial charge in [0, 0.05) is 11.6 Å². The van der Waals surface area contributed by atoms with Crippen LogP contribution in [0, 0.1) is 29.4 Å². The molecule has 2 saturated carbocycles. The lowest BCUT2D eigenvalue weighted by molar-refractivity contribution is 0.0932. The fourth-order valence-corrected chi connectivity index (χ4v) is 5.12. The Hall–Kier alpha value is -3.75. The summed E-state index contributed by atoms with van der Waals surface area (Å²) in [6.45, 7) is 0. The summed E-state index contributed by atoms with van der Waals surface area (Å²) in [5, 5.41) is 10.4. The fraction of sp³-hybridized carbons (Fsp3) is 0.292. The maximum Gasteiger partial charge on any atom is 0.251 e. The molecule has 4 aromatic rings. The van der Waals surface area contributed by atoms with Crippen LogP contribution in [0.3, 0.4) is 0 Å². The standard InChI is InChI=1S/C24H20F2N6O/c25-14-8-17-21(31-32-22(17)27-10-14)23-28-11-18(26)20(29-23)7-13-6-19(16-9-15(13)16)30-24(33)12-4-2-1-3-5-12/h1-5,8,10-11,13,15-16,19H,6-7,9H2,(H,30,33)(H,27,31,32)/t13-,15+,16+,19-/m0/s1. The van der Waals surface area contributed by atoms with Crippen molar-refractivity contribution in [2.45, 2.75) is 25.3 Å². The molecule has 7 nitrogen and oxygen atoms in total. The third-order valence-corrected chi connectivity index (χ3v) is 6.79. The molecule has 166 valence electrons. The Morgan fingerprint density at radius 2 is 1.94 bits per heavy atom. The number of rotatable bonds is 5. The van der Waals surface area contributed by atoms with E-state index in [1.165, 1.54) is 6.07 Å². The van der Waals surface area contributed by atoms with Gasteiger partial charge in [-0.3, -0.25) is 9.89 Å². The normalized spacial score (nSPS) is 23.5. The predicted molar refractivity (Wildman–Crippen MR) is 116 cm³/mol. The molecule has 2 fully saturated rings. The number of nitrogens with one attached hydrogen (secondary N) is 2. The maximum absolute atomic E-state index is 14.6. The Labute approximate surface area is 187 Å². The van der Waals surface area contributed by atoms with E-state index in [-0.39, 0.29) is 23.7 Å². The average Bonchev–Trinajstić information content (AvgIpc) is 3.42. The van der Waals surface area contributed by atoms with E-state index in [9.17, 15) is 13.6 Å². The molecule has 0 saturated heterocycles. The summed E-state index contributed by atoms with van der Waals surface area (Å²) in [4.78, 5) is 25.0. The van der Waals surface area contributed by atoms with E-state index in [1.807, 2.05) is 18.2 Å². The van der Waals surface area contributed by atoms with Crippen molar-refractivity contribution < 1.29 is 13.6 Å². The molecule has 6 rings (SSSR count). The average molecular weight is 446 g/mol. The number of carbonyl (C=O) groups excluding carboxylic acids is 1. The van der Waals surface area contributed by atoms with Gasteiger partial charge in [0.15, 0.2) is 17.3 Å². The first-order valence-electron chi connectivity index (χ1n) is 10.9. The number of amides is 1. The van der Waals surface area contributed by atoms with E-state index in [4.69, 9.17) is 0 Å². The highest BCUT2D eigenvalue weighted by molar-refractivity contribution is 5.94. The summed E-state index contributed by atoms with van der Waals surface area (Å²) >= 11 is 0. The van der Waals surface area contributed by atoms with E-state index >= 15 is 0 Å². The molecular formula is C24H20F2N6O. The molecule has 9 heteroatoms. The molecular weight excluding hydrogens is 426 g/mol. The summed E-state index contributed by atoms with van der Waals surface area (Å²) in [5.41, 5.74) is 1.71. The molecule has 0 radical (unpaired) electrons. The fourth-order valence-electron chi connectivity index (χ4n) is 5.12. The quantitative estimate of drug-likeness (QED) is 0.487. The number of carbonyl (C=O) groups is 1. The van der Waals surface area contributed by atoms with Crippen LogP contribution in [0.5, 0.6) is 0 Å². The lowest BCUT2D eigenvalue weighted by atomic mass is 9.96. The van der Waals surface area contributed by atoms with Crippen molar-refractivity contribution in [3.63, 3.8) is 0 Å². The third kappa shape index (κ3) is 3.63. The number of H-pyrrole nitrogens is 1. The molecule has 4 atom stereocenters. The Bertz CT molecular complexity index is 1360. The molecule has 0 aliphatic heterocycles. The molecule has 1 aromatic carbocycles. The molecule has 0 unspecified atom stereocenters. The first kappa shape index (κ1) is 19.9. The van der Waals surface area contributed by atoms with E-state index in [1.54, 1.807) is 12.1 Å². The minimum atomic E-state index is -0.498. The molecule has 1 amide bonds. The monoisotopic (exact) mass is 446 g/mol. The van der Waals surface area contributed by atoms with E-state index in [0.717, 1.165) is 25.2 Å². The van der Waals surface area contributed by atoms with Gasteiger partial charge in [0.2, 0.25) is 0 Å². The van der Waals surface area contributed by atoms with E-state index in [2.05, 4.69) is 30.5 Å². The first-order chi connectivity index (χ1) is 16.1. The van der Waals surface area contributed by atoms with Crippen LogP contribution >= 0.6 is 0 Å². The highest BCUT2D eigenvalue weighted by atomic mass is 19.1. The van der Waals surface area contributed by atoms with Gasteiger partial charge in [-0.2, -0.15) is 5.10 Å². The van der Waals surface area contributed by atoms with Crippen LogP contribution in [-0.2, 0) is 6.42 Å². The van der Waals surface area contributed by atoms with Crippen molar-refractivity contribution in [3.05, 3.63) is 71.7 Å². The molecule has 0 bridgehead atoms. The van der Waals surface area contributed by atoms with Crippen molar-refractivity contribution in [2.75, 3.05) is 0 Å². The Balaban J connectivity index is 1.20. The Morgan fingerprint density at radius 3 is 2.79 bits per heavy atom. The zero-order valence-corrected chi connectivity index (χ0v) is 17.5. The van der Waals surface area contributed by atoms with Gasteiger partial charge in [-0.25, -0.2) is 23.7 Å². The second-order valence-electron chi connectivity index (χ2n) is 8.82. The van der Waals surface area contributed by atoms with Gasteiger partial charge in [0.05, 0.1) is 23.5 Å². The SMILES string of the molecule is O=C(N[C@H]1C[C@@H](Cc2nc(-c3[nH]nc4ncc(F)cc34)ncc2F)[C@H]2C[C@H]21)c1ccccc1. The number of fused-ring (bicyclic) bond motifs is 2. The number of hydrogen-bond acceptors (Lipinski definition) is 5. The number of nitrogens with zero attached hydrogens (tertiary/aromatic N) is 4. The van der Waals surface area contributed by atoms with Gasteiger partial charge < -0.3 is 5.32 Å². The van der Waals surface area contributed by atoms with Crippen LogP contribution in [0.1, 0.15) is 28.9 Å². The molecule has 3 heterocycles. The lowest BCUT2D eigenvalue weighted by Crippen LogP contribution is -2.35. The summed E-state index contributed by atoms with van der Waals surface area (Å²) in [6.07, 6.45) is 4.50. The Kier molecular flexibility index (Phi) is 4.63. The largest absolute Gasteiger partial charge is 0.349 e. The second kappa shape index (κ2) is 7.68. The van der Waals surface area contributed by atoms with Gasteiger partial charge in [-0.15, -0.1) is 0 Å².